The number of aromatic nitrogens is 3. The molecule has 82 valence electrons. The summed E-state index contributed by atoms with van der Waals surface area (Å²) in [4.78, 5) is 9.03. The van der Waals surface area contributed by atoms with E-state index in [4.69, 9.17) is 0 Å². The molecule has 0 fully saturated rings. The first-order valence-electron chi connectivity index (χ1n) is 5.53. The third-order valence-electron chi connectivity index (χ3n) is 3.02. The van der Waals surface area contributed by atoms with E-state index in [2.05, 4.69) is 26.9 Å². The molecular formula is C12H14N4. The van der Waals surface area contributed by atoms with Crippen LogP contribution < -0.4 is 5.32 Å². The van der Waals surface area contributed by atoms with Gasteiger partial charge in [0, 0.05) is 32.8 Å². The first-order valence-corrected chi connectivity index (χ1v) is 5.53. The Morgan fingerprint density at radius 2 is 2.31 bits per heavy atom. The maximum Gasteiger partial charge on any atom is 0.158 e. The van der Waals surface area contributed by atoms with Crippen molar-refractivity contribution >= 4 is 0 Å². The van der Waals surface area contributed by atoms with Gasteiger partial charge in [-0.3, -0.25) is 4.98 Å². The first kappa shape index (κ1) is 9.54. The Morgan fingerprint density at radius 1 is 1.38 bits per heavy atom. The maximum atomic E-state index is 4.68. The molecule has 0 saturated carbocycles. The molecule has 2 aromatic rings. The summed E-state index contributed by atoms with van der Waals surface area (Å²) in [6.45, 7) is 1.93. The Morgan fingerprint density at radius 3 is 3.06 bits per heavy atom. The first-order chi connectivity index (χ1) is 7.86. The van der Waals surface area contributed by atoms with E-state index in [0.717, 1.165) is 31.0 Å². The van der Waals surface area contributed by atoms with Gasteiger partial charge in [0.15, 0.2) is 5.82 Å². The molecule has 0 aromatic carbocycles. The third-order valence-corrected chi connectivity index (χ3v) is 3.02. The Labute approximate surface area is 94.4 Å². The molecule has 1 aliphatic heterocycles. The lowest BCUT2D eigenvalue weighted by molar-refractivity contribution is 0.607. The van der Waals surface area contributed by atoms with E-state index in [1.807, 2.05) is 18.2 Å². The van der Waals surface area contributed by atoms with Gasteiger partial charge in [0.25, 0.3) is 0 Å². The molecule has 2 aromatic heterocycles. The van der Waals surface area contributed by atoms with Crippen molar-refractivity contribution in [2.45, 2.75) is 13.0 Å². The predicted molar refractivity (Wildman–Crippen MR) is 61.8 cm³/mol. The van der Waals surface area contributed by atoms with Crippen molar-refractivity contribution in [2.24, 2.45) is 7.05 Å². The number of nitrogens with one attached hydrogen (secondary N) is 1. The molecule has 0 aliphatic carbocycles. The molecule has 4 heteroatoms. The van der Waals surface area contributed by atoms with Crippen molar-refractivity contribution in [3.63, 3.8) is 0 Å². The number of pyridine rings is 1. The Balaban J connectivity index is 2.12. The lowest BCUT2D eigenvalue weighted by atomic mass is 10.2. The molecule has 1 N–H and O–H groups in total. The van der Waals surface area contributed by atoms with Crippen LogP contribution in [0.1, 0.15) is 11.4 Å². The zero-order valence-corrected chi connectivity index (χ0v) is 9.27. The van der Waals surface area contributed by atoms with E-state index < -0.39 is 0 Å². The minimum Gasteiger partial charge on any atom is -0.328 e. The van der Waals surface area contributed by atoms with Crippen molar-refractivity contribution in [3.8, 4) is 11.5 Å². The molecule has 0 saturated heterocycles. The molecule has 0 spiro atoms. The summed E-state index contributed by atoms with van der Waals surface area (Å²) in [7, 11) is 2.06. The highest BCUT2D eigenvalue weighted by Crippen LogP contribution is 2.21. The second-order valence-corrected chi connectivity index (χ2v) is 4.03. The average Bonchev–Trinajstić information content (AvgIpc) is 2.69. The van der Waals surface area contributed by atoms with E-state index in [0.29, 0.717) is 0 Å². The highest BCUT2D eigenvalue weighted by molar-refractivity contribution is 5.51. The van der Waals surface area contributed by atoms with Crippen molar-refractivity contribution in [2.75, 3.05) is 6.54 Å². The summed E-state index contributed by atoms with van der Waals surface area (Å²) >= 11 is 0. The fraction of sp³-hybridized carbons (Fsp3) is 0.333. The molecule has 3 heterocycles. The van der Waals surface area contributed by atoms with Crippen LogP contribution in [0.2, 0.25) is 0 Å². The highest BCUT2D eigenvalue weighted by atomic mass is 15.1. The van der Waals surface area contributed by atoms with Gasteiger partial charge in [-0.2, -0.15) is 0 Å². The zero-order chi connectivity index (χ0) is 11.0. The van der Waals surface area contributed by atoms with Crippen molar-refractivity contribution < 1.29 is 0 Å². The molecular weight excluding hydrogens is 200 g/mol. The van der Waals surface area contributed by atoms with Gasteiger partial charge in [-0.05, 0) is 12.1 Å². The molecule has 4 nitrogen and oxygen atoms in total. The molecule has 0 unspecified atom stereocenters. The fourth-order valence-electron chi connectivity index (χ4n) is 2.15. The Hall–Kier alpha value is -1.68. The van der Waals surface area contributed by atoms with Gasteiger partial charge >= 0.3 is 0 Å². The minimum absolute atomic E-state index is 0.908. The van der Waals surface area contributed by atoms with E-state index in [1.165, 1.54) is 11.4 Å². The molecule has 0 bridgehead atoms. The summed E-state index contributed by atoms with van der Waals surface area (Å²) in [5.41, 5.74) is 3.44. The van der Waals surface area contributed by atoms with Gasteiger partial charge in [0.05, 0.1) is 11.4 Å². The maximum absolute atomic E-state index is 4.68. The van der Waals surface area contributed by atoms with Gasteiger partial charge in [-0.15, -0.1) is 0 Å². The van der Waals surface area contributed by atoms with Crippen LogP contribution in [0.5, 0.6) is 0 Å². The molecule has 3 rings (SSSR count). The Bertz CT molecular complexity index is 501. The van der Waals surface area contributed by atoms with Gasteiger partial charge in [-0.25, -0.2) is 4.98 Å². The van der Waals surface area contributed by atoms with E-state index in [-0.39, 0.29) is 0 Å². The van der Waals surface area contributed by atoms with Crippen molar-refractivity contribution in [1.29, 1.82) is 0 Å². The largest absolute Gasteiger partial charge is 0.328 e. The number of fused-ring (bicyclic) bond motifs is 1. The SMILES string of the molecule is Cn1c(-c2ccccn2)nc2c1CNCC2. The van der Waals surface area contributed by atoms with Crippen LogP contribution in [-0.2, 0) is 20.0 Å². The summed E-state index contributed by atoms with van der Waals surface area (Å²) in [5.74, 6) is 0.967. The smallest absolute Gasteiger partial charge is 0.158 e. The van der Waals surface area contributed by atoms with Gasteiger partial charge in [-0.1, -0.05) is 6.07 Å². The average molecular weight is 214 g/mol. The normalized spacial score (nSPS) is 14.8. The summed E-state index contributed by atoms with van der Waals surface area (Å²) in [6.07, 6.45) is 2.82. The highest BCUT2D eigenvalue weighted by Gasteiger charge is 2.18. The quantitative estimate of drug-likeness (QED) is 0.773. The van der Waals surface area contributed by atoms with E-state index in [1.54, 1.807) is 6.20 Å². The number of nitrogens with zero attached hydrogens (tertiary/aromatic N) is 3. The van der Waals surface area contributed by atoms with Gasteiger partial charge in [0.1, 0.15) is 5.69 Å². The summed E-state index contributed by atoms with van der Waals surface area (Å²) in [5, 5.41) is 3.37. The lowest BCUT2D eigenvalue weighted by Crippen LogP contribution is -2.24. The van der Waals surface area contributed by atoms with Gasteiger partial charge < -0.3 is 9.88 Å². The number of hydrogen-bond acceptors (Lipinski definition) is 3. The van der Waals surface area contributed by atoms with Crippen LogP contribution in [0.3, 0.4) is 0 Å². The van der Waals surface area contributed by atoms with Crippen LogP contribution in [0, 0.1) is 0 Å². The summed E-state index contributed by atoms with van der Waals surface area (Å²) in [6, 6.07) is 5.92. The van der Waals surface area contributed by atoms with E-state index >= 15 is 0 Å². The second kappa shape index (κ2) is 3.72. The van der Waals surface area contributed by atoms with Crippen molar-refractivity contribution in [1.82, 2.24) is 19.9 Å². The van der Waals surface area contributed by atoms with Crippen molar-refractivity contribution in [3.05, 3.63) is 35.8 Å². The van der Waals surface area contributed by atoms with Crippen LogP contribution in [0.15, 0.2) is 24.4 Å². The molecule has 16 heavy (non-hydrogen) atoms. The molecule has 0 amide bonds. The number of imidazole rings is 1. The molecule has 0 atom stereocenters. The Kier molecular flexibility index (Phi) is 2.22. The minimum atomic E-state index is 0.908. The number of hydrogen-bond donors (Lipinski definition) is 1. The standard InChI is InChI=1S/C12H14N4/c1-16-11-8-13-7-5-9(11)15-12(16)10-4-2-3-6-14-10/h2-4,6,13H,5,7-8H2,1H3. The zero-order valence-electron chi connectivity index (χ0n) is 9.27. The third kappa shape index (κ3) is 1.42. The second-order valence-electron chi connectivity index (χ2n) is 4.03. The van der Waals surface area contributed by atoms with Crippen LogP contribution in [-0.4, -0.2) is 21.1 Å². The molecule has 1 aliphatic rings. The predicted octanol–water partition coefficient (Wildman–Crippen LogP) is 1.13. The summed E-state index contributed by atoms with van der Waals surface area (Å²) < 4.78 is 2.14. The van der Waals surface area contributed by atoms with Crippen LogP contribution >= 0.6 is 0 Å². The van der Waals surface area contributed by atoms with Crippen LogP contribution in [0.4, 0.5) is 0 Å². The number of rotatable bonds is 1. The van der Waals surface area contributed by atoms with Crippen LogP contribution in [0.25, 0.3) is 11.5 Å². The lowest BCUT2D eigenvalue weighted by Gasteiger charge is -2.12. The van der Waals surface area contributed by atoms with E-state index in [9.17, 15) is 0 Å². The topological polar surface area (TPSA) is 42.7 Å². The molecule has 0 radical (unpaired) electrons. The fourth-order valence-corrected chi connectivity index (χ4v) is 2.15. The monoisotopic (exact) mass is 214 g/mol. The van der Waals surface area contributed by atoms with Gasteiger partial charge in [0.2, 0.25) is 0 Å².